The lowest BCUT2D eigenvalue weighted by molar-refractivity contribution is 0.137. The smallest absolute Gasteiger partial charge is 0.407 e. The van der Waals surface area contributed by atoms with Crippen LogP contribution in [0.2, 0.25) is 0 Å². The first-order valence-corrected chi connectivity index (χ1v) is 12.4. The number of rotatable bonds is 8. The highest BCUT2D eigenvalue weighted by molar-refractivity contribution is 5.67. The predicted molar refractivity (Wildman–Crippen MR) is 124 cm³/mol. The van der Waals surface area contributed by atoms with E-state index in [1.807, 2.05) is 0 Å². The van der Waals surface area contributed by atoms with Crippen molar-refractivity contribution in [2.24, 2.45) is 23.2 Å². The van der Waals surface area contributed by atoms with Gasteiger partial charge in [-0.05, 0) is 82.5 Å². The standard InChI is InChI=1S/C25H44N4O2/c1-24(2,3)15-9-7-8-10-16-26-23(30)31-17-20-18-11-13-21-22(14-12-19(18)20)29(28-27-21)25(4,5)6/h18-20H,7-17H2,1-6H3,(H,26,30)/t18-,19+,20-/m0/s1. The number of nitrogens with one attached hydrogen (secondary N) is 1. The normalized spacial score (nSPS) is 23.4. The summed E-state index contributed by atoms with van der Waals surface area (Å²) in [6.07, 6.45) is 10.0. The van der Waals surface area contributed by atoms with E-state index >= 15 is 0 Å². The van der Waals surface area contributed by atoms with E-state index in [9.17, 15) is 4.79 Å². The minimum Gasteiger partial charge on any atom is -0.449 e. The maximum absolute atomic E-state index is 12.1. The van der Waals surface area contributed by atoms with Gasteiger partial charge in [0.1, 0.15) is 0 Å². The van der Waals surface area contributed by atoms with Crippen molar-refractivity contribution in [3.63, 3.8) is 0 Å². The average molecular weight is 433 g/mol. The highest BCUT2D eigenvalue weighted by atomic mass is 16.5. The van der Waals surface area contributed by atoms with E-state index in [-0.39, 0.29) is 11.6 Å². The molecule has 0 bridgehead atoms. The van der Waals surface area contributed by atoms with E-state index in [0.717, 1.165) is 38.6 Å². The van der Waals surface area contributed by atoms with Crippen LogP contribution in [0.25, 0.3) is 0 Å². The molecule has 1 heterocycles. The molecule has 6 nitrogen and oxygen atoms in total. The number of hydrogen-bond donors (Lipinski definition) is 1. The molecule has 176 valence electrons. The van der Waals surface area contributed by atoms with Gasteiger partial charge in [0.05, 0.1) is 23.5 Å². The number of hydrogen-bond acceptors (Lipinski definition) is 4. The fraction of sp³-hybridized carbons (Fsp3) is 0.880. The minimum atomic E-state index is -0.248. The summed E-state index contributed by atoms with van der Waals surface area (Å²) in [7, 11) is 0. The molecule has 31 heavy (non-hydrogen) atoms. The van der Waals surface area contributed by atoms with Gasteiger partial charge in [0.15, 0.2) is 0 Å². The van der Waals surface area contributed by atoms with Crippen LogP contribution in [0.1, 0.15) is 97.9 Å². The summed E-state index contributed by atoms with van der Waals surface area (Å²) in [5.41, 5.74) is 2.86. The molecular weight excluding hydrogens is 388 g/mol. The molecule has 0 saturated heterocycles. The molecule has 0 aliphatic heterocycles. The second-order valence-electron chi connectivity index (χ2n) is 11.9. The topological polar surface area (TPSA) is 69.0 Å². The van der Waals surface area contributed by atoms with Crippen molar-refractivity contribution in [3.8, 4) is 0 Å². The van der Waals surface area contributed by atoms with Crippen molar-refractivity contribution in [2.75, 3.05) is 13.2 Å². The number of aromatic nitrogens is 3. The van der Waals surface area contributed by atoms with Crippen molar-refractivity contribution in [3.05, 3.63) is 11.4 Å². The number of aryl methyl sites for hydroxylation is 1. The molecule has 2 aliphatic rings. The van der Waals surface area contributed by atoms with E-state index in [0.29, 0.717) is 29.8 Å². The highest BCUT2D eigenvalue weighted by Gasteiger charge is 2.50. The summed E-state index contributed by atoms with van der Waals surface area (Å²) >= 11 is 0. The van der Waals surface area contributed by atoms with Crippen molar-refractivity contribution >= 4 is 6.09 Å². The zero-order valence-corrected chi connectivity index (χ0v) is 20.7. The number of fused-ring (bicyclic) bond motifs is 2. The van der Waals surface area contributed by atoms with E-state index in [1.165, 1.54) is 37.1 Å². The monoisotopic (exact) mass is 432 g/mol. The molecular formula is C25H44N4O2. The Morgan fingerprint density at radius 1 is 1.03 bits per heavy atom. The highest BCUT2D eigenvalue weighted by Crippen LogP contribution is 2.53. The first kappa shape index (κ1) is 24.1. The molecule has 0 spiro atoms. The molecule has 1 amide bonds. The zero-order valence-electron chi connectivity index (χ0n) is 20.7. The van der Waals surface area contributed by atoms with Crippen LogP contribution in [-0.4, -0.2) is 34.2 Å². The lowest BCUT2D eigenvalue weighted by Crippen LogP contribution is -2.26. The van der Waals surface area contributed by atoms with Gasteiger partial charge in [-0.25, -0.2) is 9.48 Å². The van der Waals surface area contributed by atoms with Crippen LogP contribution in [-0.2, 0) is 23.1 Å². The zero-order chi connectivity index (χ0) is 22.6. The van der Waals surface area contributed by atoms with E-state index in [4.69, 9.17) is 4.74 Å². The maximum Gasteiger partial charge on any atom is 0.407 e. The number of ether oxygens (including phenoxy) is 1. The van der Waals surface area contributed by atoms with Crippen LogP contribution in [0.4, 0.5) is 4.79 Å². The fourth-order valence-electron chi connectivity index (χ4n) is 5.10. The van der Waals surface area contributed by atoms with Gasteiger partial charge >= 0.3 is 6.09 Å². The molecule has 0 unspecified atom stereocenters. The molecule has 1 aromatic rings. The average Bonchev–Trinajstić information content (AvgIpc) is 3.12. The third-order valence-electron chi connectivity index (χ3n) is 6.95. The molecule has 2 aliphatic carbocycles. The Labute approximate surface area is 188 Å². The SMILES string of the molecule is CC(C)(C)CCCCCCNC(=O)OC[C@@H]1[C@@H]2CCc3c(nnn3C(C)(C)C)CC[C@@H]21. The Hall–Kier alpha value is -1.59. The van der Waals surface area contributed by atoms with Gasteiger partial charge < -0.3 is 10.1 Å². The summed E-state index contributed by atoms with van der Waals surface area (Å²) in [4.78, 5) is 12.1. The number of amides is 1. The lowest BCUT2D eigenvalue weighted by atomic mass is 9.89. The molecule has 3 atom stereocenters. The Morgan fingerprint density at radius 2 is 1.71 bits per heavy atom. The Kier molecular flexibility index (Phi) is 7.69. The first-order chi connectivity index (χ1) is 14.6. The minimum absolute atomic E-state index is 0.0318. The number of alkyl carbamates (subject to hydrolysis) is 1. The second kappa shape index (κ2) is 9.91. The number of carbonyl (C=O) groups excluding carboxylic acids is 1. The summed E-state index contributed by atoms with van der Waals surface area (Å²) in [5, 5.41) is 11.8. The van der Waals surface area contributed by atoms with Crippen molar-refractivity contribution in [1.82, 2.24) is 20.3 Å². The van der Waals surface area contributed by atoms with Crippen LogP contribution in [0.3, 0.4) is 0 Å². The van der Waals surface area contributed by atoms with Crippen LogP contribution >= 0.6 is 0 Å². The Balaban J connectivity index is 1.32. The molecule has 0 aromatic carbocycles. The summed E-state index contributed by atoms with van der Waals surface area (Å²) < 4.78 is 7.67. The maximum atomic E-state index is 12.1. The van der Waals surface area contributed by atoms with Gasteiger partial charge in [-0.2, -0.15) is 0 Å². The molecule has 6 heteroatoms. The first-order valence-electron chi connectivity index (χ1n) is 12.4. The summed E-state index contributed by atoms with van der Waals surface area (Å²) in [6.45, 7) is 14.7. The number of nitrogens with zero attached hydrogens (tertiary/aromatic N) is 3. The van der Waals surface area contributed by atoms with Gasteiger partial charge in [-0.15, -0.1) is 5.10 Å². The largest absolute Gasteiger partial charge is 0.449 e. The van der Waals surface area contributed by atoms with Gasteiger partial charge in [0.2, 0.25) is 0 Å². The van der Waals surface area contributed by atoms with Crippen LogP contribution in [0.5, 0.6) is 0 Å². The molecule has 0 radical (unpaired) electrons. The summed E-state index contributed by atoms with van der Waals surface area (Å²) in [5.74, 6) is 1.86. The van der Waals surface area contributed by atoms with Gasteiger partial charge in [-0.1, -0.05) is 45.2 Å². The van der Waals surface area contributed by atoms with Crippen LogP contribution < -0.4 is 5.32 Å². The molecule has 1 N–H and O–H groups in total. The van der Waals surface area contributed by atoms with Crippen molar-refractivity contribution < 1.29 is 9.53 Å². The van der Waals surface area contributed by atoms with Gasteiger partial charge in [0.25, 0.3) is 0 Å². The van der Waals surface area contributed by atoms with Crippen LogP contribution in [0, 0.1) is 23.2 Å². The second-order valence-corrected chi connectivity index (χ2v) is 11.9. The molecule has 1 fully saturated rings. The van der Waals surface area contributed by atoms with Gasteiger partial charge in [0, 0.05) is 6.54 Å². The third-order valence-corrected chi connectivity index (χ3v) is 6.95. The quantitative estimate of drug-likeness (QED) is 0.551. The lowest BCUT2D eigenvalue weighted by Gasteiger charge is -2.22. The molecule has 3 rings (SSSR count). The van der Waals surface area contributed by atoms with Crippen molar-refractivity contribution in [1.29, 1.82) is 0 Å². The summed E-state index contributed by atoms with van der Waals surface area (Å²) in [6, 6.07) is 0. The van der Waals surface area contributed by atoms with Crippen molar-refractivity contribution in [2.45, 2.75) is 105 Å². The Morgan fingerprint density at radius 3 is 2.39 bits per heavy atom. The third kappa shape index (κ3) is 6.95. The van der Waals surface area contributed by atoms with E-state index in [1.54, 1.807) is 0 Å². The molecule has 1 aromatic heterocycles. The molecule has 1 saturated carbocycles. The fourth-order valence-corrected chi connectivity index (χ4v) is 5.10. The number of unbranched alkanes of at least 4 members (excludes halogenated alkanes) is 3. The van der Waals surface area contributed by atoms with Gasteiger partial charge in [-0.3, -0.25) is 0 Å². The van der Waals surface area contributed by atoms with Crippen LogP contribution in [0.15, 0.2) is 0 Å². The van der Waals surface area contributed by atoms with E-state index < -0.39 is 0 Å². The number of carbonyl (C=O) groups is 1. The Bertz CT molecular complexity index is 729. The van der Waals surface area contributed by atoms with E-state index in [2.05, 4.69) is 61.9 Å². The predicted octanol–water partition coefficient (Wildman–Crippen LogP) is 5.50.